The van der Waals surface area contributed by atoms with Gasteiger partial charge in [-0.15, -0.1) is 0 Å². The molecule has 0 spiro atoms. The SMILES string of the molecule is COc1ccc(NC(=O)CCCOc2ccccc2)cc1F. The first-order valence-corrected chi connectivity index (χ1v) is 7.00. The average Bonchev–Trinajstić information content (AvgIpc) is 2.53. The summed E-state index contributed by atoms with van der Waals surface area (Å²) in [7, 11) is 1.39. The van der Waals surface area contributed by atoms with E-state index >= 15 is 0 Å². The summed E-state index contributed by atoms with van der Waals surface area (Å²) in [5.74, 6) is 0.239. The predicted molar refractivity (Wildman–Crippen MR) is 82.8 cm³/mol. The van der Waals surface area contributed by atoms with Crippen molar-refractivity contribution in [2.24, 2.45) is 0 Å². The number of nitrogens with one attached hydrogen (secondary N) is 1. The fourth-order valence-electron chi connectivity index (χ4n) is 1.91. The minimum Gasteiger partial charge on any atom is -0.494 e. The van der Waals surface area contributed by atoms with Crippen LogP contribution in [-0.4, -0.2) is 19.6 Å². The summed E-state index contributed by atoms with van der Waals surface area (Å²) >= 11 is 0. The molecule has 4 nitrogen and oxygen atoms in total. The Balaban J connectivity index is 1.73. The molecule has 0 aliphatic heterocycles. The zero-order valence-electron chi connectivity index (χ0n) is 12.3. The number of benzene rings is 2. The van der Waals surface area contributed by atoms with Crippen molar-refractivity contribution in [2.45, 2.75) is 12.8 Å². The molecule has 2 rings (SSSR count). The van der Waals surface area contributed by atoms with E-state index in [9.17, 15) is 9.18 Å². The van der Waals surface area contributed by atoms with Crippen molar-refractivity contribution in [3.8, 4) is 11.5 Å². The Morgan fingerprint density at radius 1 is 1.18 bits per heavy atom. The molecule has 116 valence electrons. The van der Waals surface area contributed by atoms with Crippen LogP contribution in [0.25, 0.3) is 0 Å². The van der Waals surface area contributed by atoms with E-state index in [-0.39, 0.29) is 11.7 Å². The molecule has 22 heavy (non-hydrogen) atoms. The van der Waals surface area contributed by atoms with Crippen LogP contribution in [0.2, 0.25) is 0 Å². The quantitative estimate of drug-likeness (QED) is 0.795. The number of hydrogen-bond acceptors (Lipinski definition) is 3. The van der Waals surface area contributed by atoms with Gasteiger partial charge in [0, 0.05) is 18.2 Å². The van der Waals surface area contributed by atoms with Crippen LogP contribution in [0.5, 0.6) is 11.5 Å². The van der Waals surface area contributed by atoms with Crippen LogP contribution in [0.15, 0.2) is 48.5 Å². The van der Waals surface area contributed by atoms with Gasteiger partial charge in [0.2, 0.25) is 5.91 Å². The first kappa shape index (κ1) is 15.8. The molecule has 2 aromatic carbocycles. The third kappa shape index (κ3) is 4.77. The van der Waals surface area contributed by atoms with Crippen molar-refractivity contribution < 1.29 is 18.7 Å². The van der Waals surface area contributed by atoms with Gasteiger partial charge in [-0.05, 0) is 30.7 Å². The Morgan fingerprint density at radius 3 is 2.64 bits per heavy atom. The molecule has 0 bridgehead atoms. The lowest BCUT2D eigenvalue weighted by Crippen LogP contribution is -2.13. The van der Waals surface area contributed by atoms with Gasteiger partial charge in [0.25, 0.3) is 0 Å². The second-order valence-electron chi connectivity index (χ2n) is 4.66. The monoisotopic (exact) mass is 303 g/mol. The van der Waals surface area contributed by atoms with E-state index in [1.165, 1.54) is 19.2 Å². The number of carbonyl (C=O) groups excluding carboxylic acids is 1. The van der Waals surface area contributed by atoms with Gasteiger partial charge in [-0.3, -0.25) is 4.79 Å². The van der Waals surface area contributed by atoms with Crippen LogP contribution in [0.3, 0.4) is 0 Å². The molecule has 1 amide bonds. The minimum atomic E-state index is -0.507. The van der Waals surface area contributed by atoms with Crippen LogP contribution in [0, 0.1) is 5.82 Å². The first-order chi connectivity index (χ1) is 10.7. The van der Waals surface area contributed by atoms with Crippen LogP contribution in [-0.2, 0) is 4.79 Å². The second-order valence-corrected chi connectivity index (χ2v) is 4.66. The molecule has 0 unspecified atom stereocenters. The third-order valence-corrected chi connectivity index (χ3v) is 3.00. The van der Waals surface area contributed by atoms with Gasteiger partial charge in [0.15, 0.2) is 11.6 Å². The zero-order chi connectivity index (χ0) is 15.8. The van der Waals surface area contributed by atoms with Gasteiger partial charge in [-0.1, -0.05) is 18.2 Å². The molecule has 0 fully saturated rings. The van der Waals surface area contributed by atoms with Gasteiger partial charge in [0.1, 0.15) is 5.75 Å². The van der Waals surface area contributed by atoms with Gasteiger partial charge >= 0.3 is 0 Å². The molecule has 0 saturated heterocycles. The first-order valence-electron chi connectivity index (χ1n) is 7.00. The normalized spacial score (nSPS) is 10.1. The number of anilines is 1. The maximum atomic E-state index is 13.5. The summed E-state index contributed by atoms with van der Waals surface area (Å²) in [6.07, 6.45) is 0.889. The van der Waals surface area contributed by atoms with Crippen molar-refractivity contribution in [3.05, 3.63) is 54.3 Å². The Kier molecular flexibility index (Phi) is 5.77. The fourth-order valence-corrected chi connectivity index (χ4v) is 1.91. The molecule has 0 aliphatic rings. The van der Waals surface area contributed by atoms with Crippen LogP contribution < -0.4 is 14.8 Å². The van der Waals surface area contributed by atoms with E-state index in [0.29, 0.717) is 25.1 Å². The highest BCUT2D eigenvalue weighted by molar-refractivity contribution is 5.90. The molecule has 1 N–H and O–H groups in total. The molecule has 0 atom stereocenters. The number of methoxy groups -OCH3 is 1. The molecule has 2 aromatic rings. The lowest BCUT2D eigenvalue weighted by molar-refractivity contribution is -0.116. The smallest absolute Gasteiger partial charge is 0.224 e. The molecule has 0 aliphatic carbocycles. The summed E-state index contributed by atoms with van der Waals surface area (Å²) < 4.78 is 23.8. The molecular weight excluding hydrogens is 285 g/mol. The highest BCUT2D eigenvalue weighted by Crippen LogP contribution is 2.20. The lowest BCUT2D eigenvalue weighted by atomic mass is 10.2. The molecule has 0 saturated carbocycles. The van der Waals surface area contributed by atoms with E-state index in [4.69, 9.17) is 9.47 Å². The maximum Gasteiger partial charge on any atom is 0.224 e. The Bertz CT molecular complexity index is 617. The van der Waals surface area contributed by atoms with Gasteiger partial charge in [0.05, 0.1) is 13.7 Å². The maximum absolute atomic E-state index is 13.5. The van der Waals surface area contributed by atoms with Crippen LogP contribution in [0.1, 0.15) is 12.8 Å². The summed E-state index contributed by atoms with van der Waals surface area (Å²) in [5.41, 5.74) is 0.410. The van der Waals surface area contributed by atoms with Crippen LogP contribution in [0.4, 0.5) is 10.1 Å². The number of carbonyl (C=O) groups is 1. The number of ether oxygens (including phenoxy) is 2. The fraction of sp³-hybridized carbons (Fsp3) is 0.235. The Morgan fingerprint density at radius 2 is 1.95 bits per heavy atom. The van der Waals surface area contributed by atoms with Crippen LogP contribution >= 0.6 is 0 Å². The van der Waals surface area contributed by atoms with E-state index in [1.54, 1.807) is 6.07 Å². The minimum absolute atomic E-state index is 0.147. The topological polar surface area (TPSA) is 47.6 Å². The Labute approximate surface area is 128 Å². The van der Waals surface area contributed by atoms with Gasteiger partial charge in [-0.2, -0.15) is 0 Å². The molecule has 0 radical (unpaired) electrons. The number of rotatable bonds is 7. The zero-order valence-corrected chi connectivity index (χ0v) is 12.3. The van der Waals surface area contributed by atoms with E-state index in [2.05, 4.69) is 5.32 Å². The standard InChI is InChI=1S/C17H18FNO3/c1-21-16-10-9-13(12-15(16)18)19-17(20)8-5-11-22-14-6-3-2-4-7-14/h2-4,6-7,9-10,12H,5,8,11H2,1H3,(H,19,20). The lowest BCUT2D eigenvalue weighted by Gasteiger charge is -2.08. The summed E-state index contributed by atoms with van der Waals surface area (Å²) in [4.78, 5) is 11.8. The summed E-state index contributed by atoms with van der Waals surface area (Å²) in [6.45, 7) is 0.453. The van der Waals surface area contributed by atoms with E-state index < -0.39 is 5.82 Å². The summed E-state index contributed by atoms with van der Waals surface area (Å²) in [5, 5.41) is 2.64. The summed E-state index contributed by atoms with van der Waals surface area (Å²) in [6, 6.07) is 13.7. The van der Waals surface area contributed by atoms with Gasteiger partial charge in [-0.25, -0.2) is 4.39 Å². The number of para-hydroxylation sites is 1. The van der Waals surface area contributed by atoms with Crippen molar-refractivity contribution in [1.29, 1.82) is 0 Å². The van der Waals surface area contributed by atoms with E-state index in [0.717, 1.165) is 5.75 Å². The molecule has 0 heterocycles. The number of halogens is 1. The second kappa shape index (κ2) is 8.02. The predicted octanol–water partition coefficient (Wildman–Crippen LogP) is 3.63. The highest BCUT2D eigenvalue weighted by atomic mass is 19.1. The molecule has 5 heteroatoms. The molecular formula is C17H18FNO3. The molecule has 0 aromatic heterocycles. The highest BCUT2D eigenvalue weighted by Gasteiger charge is 2.06. The van der Waals surface area contributed by atoms with Crippen molar-refractivity contribution >= 4 is 11.6 Å². The third-order valence-electron chi connectivity index (χ3n) is 3.00. The number of amides is 1. The van der Waals surface area contributed by atoms with Crippen molar-refractivity contribution in [3.63, 3.8) is 0 Å². The van der Waals surface area contributed by atoms with E-state index in [1.807, 2.05) is 30.3 Å². The number of hydrogen-bond donors (Lipinski definition) is 1. The van der Waals surface area contributed by atoms with Crippen molar-refractivity contribution in [1.82, 2.24) is 0 Å². The van der Waals surface area contributed by atoms with Gasteiger partial charge < -0.3 is 14.8 Å². The largest absolute Gasteiger partial charge is 0.494 e. The van der Waals surface area contributed by atoms with Crippen molar-refractivity contribution in [2.75, 3.05) is 19.0 Å². The average molecular weight is 303 g/mol. The Hall–Kier alpha value is -2.56.